The maximum Gasteiger partial charge on any atom is 0.171 e. The first kappa shape index (κ1) is 19.0. The fourth-order valence-electron chi connectivity index (χ4n) is 2.98. The summed E-state index contributed by atoms with van der Waals surface area (Å²) in [4.78, 5) is 0. The van der Waals surface area contributed by atoms with Crippen LogP contribution in [0.5, 0.6) is 0 Å². The molecule has 0 spiro atoms. The predicted molar refractivity (Wildman–Crippen MR) is 103 cm³/mol. The molecule has 0 atom stereocenters. The molecule has 3 heteroatoms. The number of hydrogen-bond acceptors (Lipinski definition) is 1. The van der Waals surface area contributed by atoms with Crippen molar-refractivity contribution >= 4 is 23.0 Å². The van der Waals surface area contributed by atoms with E-state index in [1.54, 1.807) is 0 Å². The van der Waals surface area contributed by atoms with Gasteiger partial charge in [0.2, 0.25) is 0 Å². The molecule has 0 amide bonds. The van der Waals surface area contributed by atoms with E-state index in [1.807, 2.05) is 0 Å². The Morgan fingerprint density at radius 3 is 2.14 bits per heavy atom. The smallest absolute Gasteiger partial charge is 0.171 e. The number of anilines is 1. The number of nitrogens with one attached hydrogen (secondary N) is 2. The summed E-state index contributed by atoms with van der Waals surface area (Å²) in [6.07, 6.45) is 4.68. The fourth-order valence-corrected chi connectivity index (χ4v) is 3.37. The Bertz CT molecular complexity index is 469. The van der Waals surface area contributed by atoms with E-state index in [-0.39, 0.29) is 11.0 Å². The number of thiocarbonyl (C=S) groups is 1. The molecule has 0 unspecified atom stereocenters. The quantitative estimate of drug-likeness (QED) is 0.674. The second-order valence-corrected chi connectivity index (χ2v) is 8.41. The SMILES string of the molecule is CCCCc1ccc(NC(=S)NC(C)(C)CC(C)(C)C)cc1. The van der Waals surface area contributed by atoms with E-state index < -0.39 is 0 Å². The van der Waals surface area contributed by atoms with Crippen molar-refractivity contribution < 1.29 is 0 Å². The maximum absolute atomic E-state index is 5.45. The van der Waals surface area contributed by atoms with Gasteiger partial charge in [-0.3, -0.25) is 0 Å². The lowest BCUT2D eigenvalue weighted by molar-refractivity contribution is 0.268. The van der Waals surface area contributed by atoms with Gasteiger partial charge in [0.15, 0.2) is 5.11 Å². The van der Waals surface area contributed by atoms with Crippen molar-refractivity contribution in [3.63, 3.8) is 0 Å². The summed E-state index contributed by atoms with van der Waals surface area (Å²) in [6.45, 7) is 13.4. The molecule has 22 heavy (non-hydrogen) atoms. The Balaban J connectivity index is 2.54. The molecule has 0 saturated heterocycles. The molecule has 1 aromatic carbocycles. The van der Waals surface area contributed by atoms with Crippen LogP contribution in [-0.2, 0) is 6.42 Å². The molecule has 0 aromatic heterocycles. The van der Waals surface area contributed by atoms with Crippen LogP contribution >= 0.6 is 12.2 Å². The topological polar surface area (TPSA) is 24.1 Å². The van der Waals surface area contributed by atoms with Gasteiger partial charge in [0.1, 0.15) is 0 Å². The standard InChI is InChI=1S/C19H32N2S/c1-7-8-9-15-10-12-16(13-11-15)20-17(22)21-19(5,6)14-18(2,3)4/h10-13H,7-9,14H2,1-6H3,(H2,20,21,22). The minimum atomic E-state index is -0.0244. The molecule has 1 aromatic rings. The van der Waals surface area contributed by atoms with Gasteiger partial charge in [-0.05, 0) is 68.4 Å². The van der Waals surface area contributed by atoms with Gasteiger partial charge in [0, 0.05) is 11.2 Å². The molecule has 0 aliphatic carbocycles. The van der Waals surface area contributed by atoms with Crippen LogP contribution in [-0.4, -0.2) is 10.7 Å². The van der Waals surface area contributed by atoms with Crippen LogP contribution in [0.4, 0.5) is 5.69 Å². The second-order valence-electron chi connectivity index (χ2n) is 8.00. The van der Waals surface area contributed by atoms with E-state index in [4.69, 9.17) is 12.2 Å². The molecule has 0 bridgehead atoms. The number of unbranched alkanes of at least 4 members (excludes halogenated alkanes) is 1. The van der Waals surface area contributed by atoms with Crippen molar-refractivity contribution in [1.29, 1.82) is 0 Å². The first-order valence-electron chi connectivity index (χ1n) is 8.29. The van der Waals surface area contributed by atoms with Crippen LogP contribution in [0.2, 0.25) is 0 Å². The molecule has 0 heterocycles. The summed E-state index contributed by atoms with van der Waals surface area (Å²) >= 11 is 5.45. The minimum absolute atomic E-state index is 0.0244. The normalized spacial score (nSPS) is 12.1. The van der Waals surface area contributed by atoms with Crippen LogP contribution in [0.1, 0.15) is 66.4 Å². The molecular weight excluding hydrogens is 288 g/mol. The highest BCUT2D eigenvalue weighted by atomic mass is 32.1. The zero-order chi connectivity index (χ0) is 16.8. The molecule has 0 aliphatic rings. The summed E-state index contributed by atoms with van der Waals surface area (Å²) in [5, 5.41) is 7.41. The van der Waals surface area contributed by atoms with Gasteiger partial charge in [-0.1, -0.05) is 46.2 Å². The third kappa shape index (κ3) is 7.79. The number of benzene rings is 1. The Labute approximate surface area is 142 Å². The second kappa shape index (κ2) is 7.96. The summed E-state index contributed by atoms with van der Waals surface area (Å²) in [7, 11) is 0. The van der Waals surface area contributed by atoms with Gasteiger partial charge in [0.05, 0.1) is 0 Å². The van der Waals surface area contributed by atoms with Crippen LogP contribution in [0.15, 0.2) is 24.3 Å². The van der Waals surface area contributed by atoms with Crippen LogP contribution < -0.4 is 10.6 Å². The summed E-state index contributed by atoms with van der Waals surface area (Å²) < 4.78 is 0. The van der Waals surface area contributed by atoms with E-state index in [1.165, 1.54) is 18.4 Å². The van der Waals surface area contributed by atoms with Crippen LogP contribution in [0.25, 0.3) is 0 Å². The Morgan fingerprint density at radius 1 is 1.05 bits per heavy atom. The Morgan fingerprint density at radius 2 is 1.64 bits per heavy atom. The highest BCUT2D eigenvalue weighted by Gasteiger charge is 2.25. The number of rotatable bonds is 6. The largest absolute Gasteiger partial charge is 0.358 e. The van der Waals surface area contributed by atoms with Crippen molar-refractivity contribution in [3.05, 3.63) is 29.8 Å². The Hall–Kier alpha value is -1.09. The van der Waals surface area contributed by atoms with E-state index in [2.05, 4.69) is 76.4 Å². The average molecular weight is 321 g/mol. The zero-order valence-corrected chi connectivity index (χ0v) is 15.9. The van der Waals surface area contributed by atoms with Crippen molar-refractivity contribution in [2.45, 2.75) is 72.8 Å². The third-order valence-corrected chi connectivity index (χ3v) is 3.66. The van der Waals surface area contributed by atoms with Crippen molar-refractivity contribution in [2.24, 2.45) is 5.41 Å². The monoisotopic (exact) mass is 320 g/mol. The lowest BCUT2D eigenvalue weighted by atomic mass is 9.82. The molecular formula is C19H32N2S. The zero-order valence-electron chi connectivity index (χ0n) is 15.0. The molecule has 0 aliphatic heterocycles. The van der Waals surface area contributed by atoms with Gasteiger partial charge < -0.3 is 10.6 Å². The highest BCUT2D eigenvalue weighted by molar-refractivity contribution is 7.80. The highest BCUT2D eigenvalue weighted by Crippen LogP contribution is 2.26. The predicted octanol–water partition coefficient (Wildman–Crippen LogP) is 5.53. The minimum Gasteiger partial charge on any atom is -0.358 e. The van der Waals surface area contributed by atoms with Gasteiger partial charge >= 0.3 is 0 Å². The third-order valence-electron chi connectivity index (χ3n) is 3.46. The summed E-state index contributed by atoms with van der Waals surface area (Å²) in [5.41, 5.74) is 2.68. The molecule has 2 N–H and O–H groups in total. The van der Waals surface area contributed by atoms with E-state index in [0.29, 0.717) is 5.11 Å². The fraction of sp³-hybridized carbons (Fsp3) is 0.632. The van der Waals surface area contributed by atoms with Crippen molar-refractivity contribution in [1.82, 2.24) is 5.32 Å². The lowest BCUT2D eigenvalue weighted by Crippen LogP contribution is -2.47. The number of hydrogen-bond donors (Lipinski definition) is 2. The van der Waals surface area contributed by atoms with E-state index in [9.17, 15) is 0 Å². The van der Waals surface area contributed by atoms with Crippen LogP contribution in [0, 0.1) is 5.41 Å². The maximum atomic E-state index is 5.45. The molecule has 1 rings (SSSR count). The van der Waals surface area contributed by atoms with Gasteiger partial charge in [-0.2, -0.15) is 0 Å². The molecule has 2 nitrogen and oxygen atoms in total. The first-order valence-corrected chi connectivity index (χ1v) is 8.70. The van der Waals surface area contributed by atoms with Crippen molar-refractivity contribution in [2.75, 3.05) is 5.32 Å². The van der Waals surface area contributed by atoms with E-state index in [0.717, 1.165) is 18.5 Å². The number of aryl methyl sites for hydroxylation is 1. The summed E-state index contributed by atoms with van der Waals surface area (Å²) in [6, 6.07) is 8.58. The van der Waals surface area contributed by atoms with Gasteiger partial charge in [0.25, 0.3) is 0 Å². The molecule has 0 saturated carbocycles. The average Bonchev–Trinajstić information content (AvgIpc) is 2.34. The first-order chi connectivity index (χ1) is 10.1. The van der Waals surface area contributed by atoms with Crippen molar-refractivity contribution in [3.8, 4) is 0 Å². The molecule has 0 radical (unpaired) electrons. The summed E-state index contributed by atoms with van der Waals surface area (Å²) in [5.74, 6) is 0. The van der Waals surface area contributed by atoms with E-state index >= 15 is 0 Å². The van der Waals surface area contributed by atoms with Gasteiger partial charge in [-0.15, -0.1) is 0 Å². The Kier molecular flexibility index (Phi) is 6.86. The molecule has 0 fully saturated rings. The lowest BCUT2D eigenvalue weighted by Gasteiger charge is -2.34. The van der Waals surface area contributed by atoms with Crippen LogP contribution in [0.3, 0.4) is 0 Å². The molecule has 124 valence electrons. The van der Waals surface area contributed by atoms with Gasteiger partial charge in [-0.25, -0.2) is 0 Å².